The summed E-state index contributed by atoms with van der Waals surface area (Å²) in [5.41, 5.74) is 10.6. The van der Waals surface area contributed by atoms with E-state index in [2.05, 4.69) is 229 Å². The van der Waals surface area contributed by atoms with Crippen LogP contribution in [0.15, 0.2) is 224 Å². The average Bonchev–Trinajstić information content (AvgIpc) is 3.29. The third-order valence-corrected chi connectivity index (χ3v) is 11.6. The van der Waals surface area contributed by atoms with Crippen molar-refractivity contribution in [2.24, 2.45) is 0 Å². The normalized spacial score (nSPS) is 11.5. The van der Waals surface area contributed by atoms with E-state index in [0.29, 0.717) is 0 Å². The molecule has 0 aliphatic heterocycles. The second-order valence-electron chi connectivity index (χ2n) is 15.0. The highest BCUT2D eigenvalue weighted by Gasteiger charge is 2.16. The number of fused-ring (bicyclic) bond motifs is 7. The number of hydrogen-bond donors (Lipinski definition) is 0. The molecule has 0 unspecified atom stereocenters. The molecule has 0 aliphatic rings. The van der Waals surface area contributed by atoms with Gasteiger partial charge < -0.3 is 4.90 Å². The average molecular weight is 724 g/mol. The van der Waals surface area contributed by atoms with E-state index in [1.807, 2.05) is 0 Å². The van der Waals surface area contributed by atoms with Gasteiger partial charge >= 0.3 is 0 Å². The Hall–Kier alpha value is -7.48. The topological polar surface area (TPSA) is 3.24 Å². The van der Waals surface area contributed by atoms with Gasteiger partial charge in [0.25, 0.3) is 0 Å². The van der Waals surface area contributed by atoms with Crippen LogP contribution in [-0.2, 0) is 0 Å². The van der Waals surface area contributed by atoms with Gasteiger partial charge in [0.15, 0.2) is 0 Å². The molecule has 1 heteroatoms. The largest absolute Gasteiger partial charge is 0.310 e. The summed E-state index contributed by atoms with van der Waals surface area (Å²) < 4.78 is 0. The fraction of sp³-hybridized carbons (Fsp3) is 0. The lowest BCUT2D eigenvalue weighted by Crippen LogP contribution is -2.09. The highest BCUT2D eigenvalue weighted by Crippen LogP contribution is 2.40. The smallest absolute Gasteiger partial charge is 0.0468 e. The van der Waals surface area contributed by atoms with Crippen molar-refractivity contribution in [2.45, 2.75) is 0 Å². The van der Waals surface area contributed by atoms with E-state index in [0.717, 1.165) is 17.1 Å². The molecular formula is C56H37N. The zero-order chi connectivity index (χ0) is 37.7. The summed E-state index contributed by atoms with van der Waals surface area (Å²) >= 11 is 0. The van der Waals surface area contributed by atoms with Crippen LogP contribution in [0.3, 0.4) is 0 Å². The molecule has 0 saturated carbocycles. The fourth-order valence-corrected chi connectivity index (χ4v) is 8.70. The van der Waals surface area contributed by atoms with Crippen molar-refractivity contribution in [3.05, 3.63) is 224 Å². The summed E-state index contributed by atoms with van der Waals surface area (Å²) in [5, 5.41) is 12.6. The third-order valence-electron chi connectivity index (χ3n) is 11.6. The minimum Gasteiger partial charge on any atom is -0.310 e. The molecule has 0 aliphatic carbocycles. The first kappa shape index (κ1) is 32.9. The van der Waals surface area contributed by atoms with Gasteiger partial charge in [-0.25, -0.2) is 0 Å². The minimum atomic E-state index is 1.11. The predicted molar refractivity (Wildman–Crippen MR) is 245 cm³/mol. The molecule has 0 aromatic heterocycles. The number of rotatable bonds is 6. The van der Waals surface area contributed by atoms with Crippen LogP contribution in [-0.4, -0.2) is 0 Å². The highest BCUT2D eigenvalue weighted by atomic mass is 15.1. The van der Waals surface area contributed by atoms with Gasteiger partial charge in [-0.3, -0.25) is 0 Å². The van der Waals surface area contributed by atoms with Gasteiger partial charge in [-0.15, -0.1) is 0 Å². The van der Waals surface area contributed by atoms with Crippen LogP contribution in [0.2, 0.25) is 0 Å². The second kappa shape index (κ2) is 13.7. The monoisotopic (exact) mass is 723 g/mol. The van der Waals surface area contributed by atoms with E-state index in [1.54, 1.807) is 0 Å². The molecule has 0 spiro atoms. The SMILES string of the molecule is c1ccc(-c2ccc3cc(N(c4ccc(-c5ccc6ccc7ccc8ccccc8c7c6c5)cc4)c4ccc(-c5cccc6ccccc56)cc4)ccc3c2)cc1. The molecule has 0 N–H and O–H groups in total. The molecule has 1 nitrogen and oxygen atoms in total. The molecule has 266 valence electrons. The summed E-state index contributed by atoms with van der Waals surface area (Å²) in [6.45, 7) is 0. The first-order valence-electron chi connectivity index (χ1n) is 19.7. The maximum Gasteiger partial charge on any atom is 0.0468 e. The van der Waals surface area contributed by atoms with Gasteiger partial charge in [0, 0.05) is 17.1 Å². The van der Waals surface area contributed by atoms with Crippen molar-refractivity contribution in [1.82, 2.24) is 0 Å². The quantitative estimate of drug-likeness (QED) is 0.154. The van der Waals surface area contributed by atoms with Crippen molar-refractivity contribution < 1.29 is 0 Å². The van der Waals surface area contributed by atoms with E-state index in [1.165, 1.54) is 87.2 Å². The van der Waals surface area contributed by atoms with Crippen LogP contribution in [0.4, 0.5) is 17.1 Å². The molecule has 11 rings (SSSR count). The van der Waals surface area contributed by atoms with Crippen molar-refractivity contribution in [3.63, 3.8) is 0 Å². The molecule has 0 atom stereocenters. The lowest BCUT2D eigenvalue weighted by Gasteiger charge is -2.26. The van der Waals surface area contributed by atoms with Crippen LogP contribution in [0.1, 0.15) is 0 Å². The summed E-state index contributed by atoms with van der Waals surface area (Å²) in [7, 11) is 0. The van der Waals surface area contributed by atoms with Gasteiger partial charge in [-0.05, 0) is 136 Å². The first-order chi connectivity index (χ1) is 28.2. The van der Waals surface area contributed by atoms with E-state index < -0.39 is 0 Å². The lowest BCUT2D eigenvalue weighted by atomic mass is 9.94. The number of hydrogen-bond acceptors (Lipinski definition) is 1. The van der Waals surface area contributed by atoms with Crippen LogP contribution in [0.25, 0.3) is 87.2 Å². The maximum absolute atomic E-state index is 2.38. The lowest BCUT2D eigenvalue weighted by molar-refractivity contribution is 1.29. The molecule has 11 aromatic rings. The summed E-state index contributed by atoms with van der Waals surface area (Å²) in [6, 6.07) is 82.0. The van der Waals surface area contributed by atoms with Crippen molar-refractivity contribution >= 4 is 70.9 Å². The van der Waals surface area contributed by atoms with Gasteiger partial charge in [-0.2, -0.15) is 0 Å². The van der Waals surface area contributed by atoms with Gasteiger partial charge in [0.1, 0.15) is 0 Å². The van der Waals surface area contributed by atoms with Crippen molar-refractivity contribution in [1.29, 1.82) is 0 Å². The fourth-order valence-electron chi connectivity index (χ4n) is 8.70. The summed E-state index contributed by atoms with van der Waals surface area (Å²) in [4.78, 5) is 2.38. The summed E-state index contributed by atoms with van der Waals surface area (Å²) in [6.07, 6.45) is 0. The molecular weight excluding hydrogens is 687 g/mol. The molecule has 0 saturated heterocycles. The zero-order valence-electron chi connectivity index (χ0n) is 31.3. The van der Waals surface area contributed by atoms with E-state index in [-0.39, 0.29) is 0 Å². The molecule has 57 heavy (non-hydrogen) atoms. The molecule has 0 amide bonds. The highest BCUT2D eigenvalue weighted by molar-refractivity contribution is 6.20. The Morgan fingerprint density at radius 2 is 0.702 bits per heavy atom. The Bertz CT molecular complexity index is 3260. The zero-order valence-corrected chi connectivity index (χ0v) is 31.3. The standard InChI is InChI=1S/C56H37N/c1-2-9-38(10-3-1)45-23-24-47-36-51(34-29-46(47)35-45)57(50-32-27-42(28-33-50)53-16-8-13-40-11-4-6-14-52(40)53)49-30-25-39(26-31-49)48-22-19-43-18-21-44-20-17-41-12-5-7-15-54(41)56(44)55(43)37-48/h1-37H. The Morgan fingerprint density at radius 3 is 1.46 bits per heavy atom. The molecule has 0 fully saturated rings. The van der Waals surface area contributed by atoms with Crippen molar-refractivity contribution in [2.75, 3.05) is 4.90 Å². The van der Waals surface area contributed by atoms with Gasteiger partial charge in [0.05, 0.1) is 0 Å². The van der Waals surface area contributed by atoms with E-state index in [4.69, 9.17) is 0 Å². The summed E-state index contributed by atoms with van der Waals surface area (Å²) in [5.74, 6) is 0. The molecule has 11 aromatic carbocycles. The van der Waals surface area contributed by atoms with Crippen LogP contribution < -0.4 is 4.90 Å². The van der Waals surface area contributed by atoms with E-state index >= 15 is 0 Å². The Morgan fingerprint density at radius 1 is 0.228 bits per heavy atom. The Labute approximate surface area is 332 Å². The second-order valence-corrected chi connectivity index (χ2v) is 15.0. The van der Waals surface area contributed by atoms with Gasteiger partial charge in [-0.1, -0.05) is 176 Å². The predicted octanol–water partition coefficient (Wildman–Crippen LogP) is 15.9. The van der Waals surface area contributed by atoms with Crippen LogP contribution in [0, 0.1) is 0 Å². The molecule has 0 bridgehead atoms. The van der Waals surface area contributed by atoms with E-state index in [9.17, 15) is 0 Å². The Kier molecular flexibility index (Phi) is 7.89. The maximum atomic E-state index is 2.38. The minimum absolute atomic E-state index is 1.11. The Balaban J connectivity index is 1.01. The van der Waals surface area contributed by atoms with Crippen molar-refractivity contribution in [3.8, 4) is 33.4 Å². The number of nitrogens with zero attached hydrogens (tertiary/aromatic N) is 1. The van der Waals surface area contributed by atoms with Crippen LogP contribution >= 0.6 is 0 Å². The molecule has 0 radical (unpaired) electrons. The van der Waals surface area contributed by atoms with Gasteiger partial charge in [0.2, 0.25) is 0 Å². The number of benzene rings is 11. The number of anilines is 3. The first-order valence-corrected chi connectivity index (χ1v) is 19.7. The third kappa shape index (κ3) is 5.89. The molecule has 0 heterocycles. The van der Waals surface area contributed by atoms with Crippen LogP contribution in [0.5, 0.6) is 0 Å².